The van der Waals surface area contributed by atoms with E-state index in [0.29, 0.717) is 42.8 Å². The molecule has 1 N–H and O–H groups in total. The SMILES string of the molecule is O=C(Nc1ccccc1)C1CCN(C(=O)/C=C/c2cc([N+](=O)[O-])cc3c2OCOC3)CC1. The average Bonchev–Trinajstić information content (AvgIpc) is 2.82. The minimum Gasteiger partial charge on any atom is -0.467 e. The van der Waals surface area contributed by atoms with Crippen LogP contribution < -0.4 is 10.1 Å². The van der Waals surface area contributed by atoms with E-state index in [1.165, 1.54) is 24.3 Å². The van der Waals surface area contributed by atoms with Gasteiger partial charge in [-0.3, -0.25) is 19.7 Å². The van der Waals surface area contributed by atoms with E-state index in [9.17, 15) is 19.7 Å². The number of hydrogen-bond donors (Lipinski definition) is 1. The Morgan fingerprint density at radius 3 is 2.62 bits per heavy atom. The van der Waals surface area contributed by atoms with Gasteiger partial charge in [0, 0.05) is 54.0 Å². The summed E-state index contributed by atoms with van der Waals surface area (Å²) < 4.78 is 10.7. The number of non-ortho nitro benzene ring substituents is 1. The molecule has 166 valence electrons. The molecule has 1 fully saturated rings. The molecular weight excluding hydrogens is 414 g/mol. The summed E-state index contributed by atoms with van der Waals surface area (Å²) in [5, 5.41) is 14.1. The van der Waals surface area contributed by atoms with Crippen LogP contribution in [0.5, 0.6) is 5.75 Å². The quantitative estimate of drug-likeness (QED) is 0.436. The molecule has 2 amide bonds. The largest absolute Gasteiger partial charge is 0.467 e. The highest BCUT2D eigenvalue weighted by atomic mass is 16.7. The topological polar surface area (TPSA) is 111 Å². The minimum atomic E-state index is -0.487. The van der Waals surface area contributed by atoms with Crippen LogP contribution >= 0.6 is 0 Å². The van der Waals surface area contributed by atoms with Crippen molar-refractivity contribution in [2.45, 2.75) is 19.4 Å². The molecule has 2 heterocycles. The second-order valence-electron chi connectivity index (χ2n) is 7.68. The van der Waals surface area contributed by atoms with E-state index < -0.39 is 4.92 Å². The number of hydrogen-bond acceptors (Lipinski definition) is 6. The predicted octanol–water partition coefficient (Wildman–Crippen LogP) is 3.35. The van der Waals surface area contributed by atoms with E-state index in [2.05, 4.69) is 5.32 Å². The Morgan fingerprint density at radius 1 is 1.16 bits per heavy atom. The highest BCUT2D eigenvalue weighted by Gasteiger charge is 2.27. The third-order valence-electron chi connectivity index (χ3n) is 5.56. The van der Waals surface area contributed by atoms with Crippen molar-refractivity contribution in [3.05, 3.63) is 69.8 Å². The van der Waals surface area contributed by atoms with Gasteiger partial charge in [0.2, 0.25) is 11.8 Å². The van der Waals surface area contributed by atoms with Crippen LogP contribution in [0, 0.1) is 16.0 Å². The van der Waals surface area contributed by atoms with Crippen molar-refractivity contribution in [3.63, 3.8) is 0 Å². The number of anilines is 1. The Hall–Kier alpha value is -3.72. The molecule has 0 unspecified atom stereocenters. The fraction of sp³-hybridized carbons (Fsp3) is 0.304. The van der Waals surface area contributed by atoms with Gasteiger partial charge in [0.25, 0.3) is 5.69 Å². The highest BCUT2D eigenvalue weighted by Crippen LogP contribution is 2.33. The Balaban J connectivity index is 1.37. The number of nitro benzene ring substituents is 1. The van der Waals surface area contributed by atoms with Gasteiger partial charge >= 0.3 is 0 Å². The number of likely N-dealkylation sites (tertiary alicyclic amines) is 1. The second kappa shape index (κ2) is 9.61. The molecule has 4 rings (SSSR count). The number of fused-ring (bicyclic) bond motifs is 1. The number of carbonyl (C=O) groups is 2. The number of nitrogens with one attached hydrogen (secondary N) is 1. The molecule has 32 heavy (non-hydrogen) atoms. The minimum absolute atomic E-state index is 0.0403. The van der Waals surface area contributed by atoms with Crippen molar-refractivity contribution in [2.75, 3.05) is 25.2 Å². The van der Waals surface area contributed by atoms with E-state index in [1.54, 1.807) is 4.90 Å². The van der Waals surface area contributed by atoms with Gasteiger partial charge in [0.05, 0.1) is 11.5 Å². The maximum absolute atomic E-state index is 12.7. The lowest BCUT2D eigenvalue weighted by Crippen LogP contribution is -2.40. The third kappa shape index (κ3) is 4.94. The highest BCUT2D eigenvalue weighted by molar-refractivity contribution is 5.94. The maximum atomic E-state index is 12.7. The Kier molecular flexibility index (Phi) is 6.46. The van der Waals surface area contributed by atoms with Crippen molar-refractivity contribution < 1.29 is 24.0 Å². The molecule has 9 nitrogen and oxygen atoms in total. The molecule has 2 aliphatic rings. The van der Waals surface area contributed by atoms with Crippen LogP contribution in [-0.2, 0) is 20.9 Å². The van der Waals surface area contributed by atoms with Crippen LogP contribution in [0.3, 0.4) is 0 Å². The molecule has 0 radical (unpaired) electrons. The van der Waals surface area contributed by atoms with Gasteiger partial charge in [-0.25, -0.2) is 0 Å². The lowest BCUT2D eigenvalue weighted by atomic mass is 9.95. The number of amides is 2. The van der Waals surface area contributed by atoms with Gasteiger partial charge in [-0.15, -0.1) is 0 Å². The van der Waals surface area contributed by atoms with Crippen molar-refractivity contribution in [1.82, 2.24) is 4.90 Å². The van der Waals surface area contributed by atoms with Crippen molar-refractivity contribution >= 4 is 29.3 Å². The fourth-order valence-electron chi connectivity index (χ4n) is 3.86. The summed E-state index contributed by atoms with van der Waals surface area (Å²) in [6.45, 7) is 1.20. The number of ether oxygens (including phenoxy) is 2. The zero-order valence-corrected chi connectivity index (χ0v) is 17.4. The molecule has 0 spiro atoms. The number of benzene rings is 2. The number of rotatable bonds is 5. The molecule has 0 aromatic heterocycles. The smallest absolute Gasteiger partial charge is 0.270 e. The summed E-state index contributed by atoms with van der Waals surface area (Å²) in [5.74, 6) is 0.0864. The van der Waals surface area contributed by atoms with E-state index in [1.807, 2.05) is 30.3 Å². The third-order valence-corrected chi connectivity index (χ3v) is 5.56. The molecule has 9 heteroatoms. The van der Waals surface area contributed by atoms with Crippen molar-refractivity contribution in [1.29, 1.82) is 0 Å². The molecule has 1 saturated heterocycles. The zero-order valence-electron chi connectivity index (χ0n) is 17.4. The number of nitrogens with zero attached hydrogens (tertiary/aromatic N) is 2. The summed E-state index contributed by atoms with van der Waals surface area (Å²) in [4.78, 5) is 37.5. The van der Waals surface area contributed by atoms with Crippen LogP contribution in [-0.4, -0.2) is 41.5 Å². The van der Waals surface area contributed by atoms with Gasteiger partial charge < -0.3 is 19.7 Å². The summed E-state index contributed by atoms with van der Waals surface area (Å²) in [6.07, 6.45) is 4.08. The van der Waals surface area contributed by atoms with Crippen LogP contribution in [0.2, 0.25) is 0 Å². The van der Waals surface area contributed by atoms with Crippen molar-refractivity contribution in [2.24, 2.45) is 5.92 Å². The van der Waals surface area contributed by atoms with E-state index >= 15 is 0 Å². The van der Waals surface area contributed by atoms with Gasteiger partial charge in [-0.05, 0) is 31.1 Å². The zero-order chi connectivity index (χ0) is 22.5. The summed E-state index contributed by atoms with van der Waals surface area (Å²) in [7, 11) is 0. The van der Waals surface area contributed by atoms with Gasteiger partial charge in [-0.1, -0.05) is 18.2 Å². The predicted molar refractivity (Wildman–Crippen MR) is 117 cm³/mol. The van der Waals surface area contributed by atoms with Crippen LogP contribution in [0.25, 0.3) is 6.08 Å². The Morgan fingerprint density at radius 2 is 1.91 bits per heavy atom. The van der Waals surface area contributed by atoms with Gasteiger partial charge in [0.15, 0.2) is 6.79 Å². The fourth-order valence-corrected chi connectivity index (χ4v) is 3.86. The van der Waals surface area contributed by atoms with Crippen LogP contribution in [0.15, 0.2) is 48.5 Å². The molecular formula is C23H23N3O6. The molecule has 2 aromatic rings. The molecule has 0 aliphatic carbocycles. The molecule has 0 saturated carbocycles. The molecule has 0 bridgehead atoms. The van der Waals surface area contributed by atoms with Crippen molar-refractivity contribution in [3.8, 4) is 5.75 Å². The first-order valence-electron chi connectivity index (χ1n) is 10.4. The lowest BCUT2D eigenvalue weighted by Gasteiger charge is -2.30. The lowest BCUT2D eigenvalue weighted by molar-refractivity contribution is -0.385. The van der Waals surface area contributed by atoms with Crippen LogP contribution in [0.4, 0.5) is 11.4 Å². The van der Waals surface area contributed by atoms with E-state index in [-0.39, 0.29) is 36.8 Å². The van der Waals surface area contributed by atoms with E-state index in [4.69, 9.17) is 9.47 Å². The number of nitro groups is 1. The number of para-hydroxylation sites is 1. The summed E-state index contributed by atoms with van der Waals surface area (Å²) in [5.41, 5.74) is 1.70. The number of carbonyl (C=O) groups excluding carboxylic acids is 2. The maximum Gasteiger partial charge on any atom is 0.270 e. The normalized spacial score (nSPS) is 16.3. The second-order valence-corrected chi connectivity index (χ2v) is 7.68. The first-order chi connectivity index (χ1) is 15.5. The van der Waals surface area contributed by atoms with Crippen LogP contribution in [0.1, 0.15) is 24.0 Å². The first-order valence-corrected chi connectivity index (χ1v) is 10.4. The average molecular weight is 437 g/mol. The molecule has 2 aliphatic heterocycles. The Bertz CT molecular complexity index is 1050. The summed E-state index contributed by atoms with van der Waals surface area (Å²) in [6, 6.07) is 12.1. The van der Waals surface area contributed by atoms with Gasteiger partial charge in [-0.2, -0.15) is 0 Å². The van der Waals surface area contributed by atoms with Gasteiger partial charge in [0.1, 0.15) is 5.75 Å². The van der Waals surface area contributed by atoms with E-state index in [0.717, 1.165) is 5.69 Å². The number of piperidine rings is 1. The standard InChI is InChI=1S/C23H23N3O6/c27-21(7-6-17-12-20(26(29)30)13-18-14-31-15-32-22(17)18)25-10-8-16(9-11-25)23(28)24-19-4-2-1-3-5-19/h1-7,12-13,16H,8-11,14-15H2,(H,24,28)/b7-6+. The summed E-state index contributed by atoms with van der Waals surface area (Å²) >= 11 is 0. The molecule has 0 atom stereocenters. The Labute approximate surface area is 184 Å². The molecule has 2 aromatic carbocycles. The first kappa shape index (κ1) is 21.5. The monoisotopic (exact) mass is 437 g/mol.